The van der Waals surface area contributed by atoms with Crippen LogP contribution in [-0.2, 0) is 22.5 Å². The second-order valence-corrected chi connectivity index (χ2v) is 8.10. The highest BCUT2D eigenvalue weighted by Gasteiger charge is 2.13. The molecule has 1 amide bonds. The number of fused-ring (bicyclic) bond motifs is 2. The molecule has 0 atom stereocenters. The Morgan fingerprint density at radius 2 is 1.74 bits per heavy atom. The van der Waals surface area contributed by atoms with Crippen molar-refractivity contribution in [3.8, 4) is 0 Å². The molecule has 2 heterocycles. The number of nitrogens with zero attached hydrogens (tertiary/aromatic N) is 2. The second-order valence-electron chi connectivity index (χ2n) is 8.10. The summed E-state index contributed by atoms with van der Waals surface area (Å²) in [5.74, 6) is 0.0839. The largest absolute Gasteiger partial charge is 0.463 e. The van der Waals surface area contributed by atoms with Crippen LogP contribution in [0.25, 0.3) is 21.7 Å². The number of amides is 1. The Balaban J connectivity index is 1.32. The molecule has 3 aromatic carbocycles. The fourth-order valence-electron chi connectivity index (χ4n) is 4.18. The molecular weight excluding hydrogens is 442 g/mol. The molecule has 0 aliphatic heterocycles. The molecule has 0 aliphatic rings. The Hall–Kier alpha value is -4.65. The van der Waals surface area contributed by atoms with Gasteiger partial charge >= 0.3 is 5.97 Å². The number of ether oxygens (including phenoxy) is 1. The zero-order valence-corrected chi connectivity index (χ0v) is 19.1. The van der Waals surface area contributed by atoms with Crippen molar-refractivity contribution in [1.29, 1.82) is 0 Å². The highest BCUT2D eigenvalue weighted by Crippen LogP contribution is 2.22. The lowest BCUT2D eigenvalue weighted by Crippen LogP contribution is -2.19. The van der Waals surface area contributed by atoms with Crippen LogP contribution in [-0.4, -0.2) is 29.8 Å². The van der Waals surface area contributed by atoms with Crippen molar-refractivity contribution < 1.29 is 18.7 Å². The average molecular weight is 466 g/mol. The maximum atomic E-state index is 12.6. The van der Waals surface area contributed by atoms with Gasteiger partial charge in [-0.1, -0.05) is 60.7 Å². The lowest BCUT2D eigenvalue weighted by Gasteiger charge is -2.05. The highest BCUT2D eigenvalue weighted by atomic mass is 16.5. The number of para-hydroxylation sites is 1. The number of methoxy groups -OCH3 is 1. The van der Waals surface area contributed by atoms with Crippen molar-refractivity contribution in [2.24, 2.45) is 5.10 Å². The van der Waals surface area contributed by atoms with Gasteiger partial charge in [-0.2, -0.15) is 5.10 Å². The molecule has 0 unspecified atom stereocenters. The number of hydrogen-bond donors (Lipinski definition) is 1. The Labute approximate surface area is 201 Å². The van der Waals surface area contributed by atoms with Gasteiger partial charge < -0.3 is 13.7 Å². The topological polar surface area (TPSA) is 85.8 Å². The van der Waals surface area contributed by atoms with Gasteiger partial charge in [-0.15, -0.1) is 0 Å². The van der Waals surface area contributed by atoms with E-state index in [-0.39, 0.29) is 18.1 Å². The maximum absolute atomic E-state index is 12.6. The van der Waals surface area contributed by atoms with Crippen molar-refractivity contribution in [1.82, 2.24) is 9.99 Å². The summed E-state index contributed by atoms with van der Waals surface area (Å²) in [5, 5.41) is 7.35. The minimum absolute atomic E-state index is 0.162. The van der Waals surface area contributed by atoms with Gasteiger partial charge in [0.1, 0.15) is 5.76 Å². The molecule has 7 nitrogen and oxygen atoms in total. The standard InChI is InChI=1S/C28H23N3O4/c1-34-28(33)26-14-13-22(35-26)18-31-17-21(24-11-4-5-12-25(24)31)16-29-30-27(32)15-20-9-6-8-19-7-2-3-10-23(19)20/h2-14,16-17H,15,18H2,1H3,(H,30,32)/b29-16-. The fourth-order valence-corrected chi connectivity index (χ4v) is 4.18. The minimum Gasteiger partial charge on any atom is -0.463 e. The Morgan fingerprint density at radius 1 is 0.971 bits per heavy atom. The number of nitrogens with one attached hydrogen (secondary N) is 1. The van der Waals surface area contributed by atoms with Crippen molar-refractivity contribution >= 4 is 39.8 Å². The van der Waals surface area contributed by atoms with Crippen molar-refractivity contribution in [2.45, 2.75) is 13.0 Å². The zero-order valence-electron chi connectivity index (χ0n) is 19.1. The van der Waals surface area contributed by atoms with Gasteiger partial charge in [0, 0.05) is 22.7 Å². The number of carbonyl (C=O) groups is 2. The summed E-state index contributed by atoms with van der Waals surface area (Å²) in [6, 6.07) is 25.2. The first-order chi connectivity index (χ1) is 17.1. The quantitative estimate of drug-likeness (QED) is 0.210. The van der Waals surface area contributed by atoms with Crippen LogP contribution in [0.4, 0.5) is 0 Å². The molecule has 0 aliphatic carbocycles. The van der Waals surface area contributed by atoms with E-state index in [0.717, 1.165) is 32.8 Å². The molecule has 0 fully saturated rings. The first-order valence-electron chi connectivity index (χ1n) is 11.2. The van der Waals surface area contributed by atoms with Crippen LogP contribution >= 0.6 is 0 Å². The van der Waals surface area contributed by atoms with Crippen LogP contribution in [0.3, 0.4) is 0 Å². The first-order valence-corrected chi connectivity index (χ1v) is 11.2. The third kappa shape index (κ3) is 4.70. The van der Waals surface area contributed by atoms with E-state index in [9.17, 15) is 9.59 Å². The van der Waals surface area contributed by atoms with Crippen molar-refractivity contribution in [2.75, 3.05) is 7.11 Å². The number of esters is 1. The van der Waals surface area contributed by atoms with Crippen molar-refractivity contribution in [3.05, 3.63) is 108 Å². The molecule has 1 N–H and O–H groups in total. The van der Waals surface area contributed by atoms with Gasteiger partial charge in [0.05, 0.1) is 26.3 Å². The Bertz CT molecular complexity index is 1560. The summed E-state index contributed by atoms with van der Waals surface area (Å²) in [6.07, 6.45) is 3.81. The molecule has 0 spiro atoms. The average Bonchev–Trinajstić information content (AvgIpc) is 3.49. The summed E-state index contributed by atoms with van der Waals surface area (Å²) in [5.41, 5.74) is 5.43. The zero-order chi connectivity index (χ0) is 24.2. The third-order valence-electron chi connectivity index (χ3n) is 5.82. The number of carbonyl (C=O) groups excluding carboxylic acids is 2. The molecule has 174 valence electrons. The Kier molecular flexibility index (Phi) is 6.13. The van der Waals surface area contributed by atoms with E-state index in [4.69, 9.17) is 9.15 Å². The van der Waals surface area contributed by atoms with Crippen LogP contribution in [0.1, 0.15) is 27.4 Å². The number of hydrazone groups is 1. The third-order valence-corrected chi connectivity index (χ3v) is 5.82. The molecule has 2 aromatic heterocycles. The summed E-state index contributed by atoms with van der Waals surface area (Å²) in [7, 11) is 1.32. The van der Waals surface area contributed by atoms with E-state index in [1.165, 1.54) is 7.11 Å². The number of furan rings is 1. The molecular formula is C28H23N3O4. The van der Waals surface area contributed by atoms with Crippen LogP contribution in [0, 0.1) is 0 Å². The molecule has 5 aromatic rings. The maximum Gasteiger partial charge on any atom is 0.373 e. The monoisotopic (exact) mass is 465 g/mol. The van der Waals surface area contributed by atoms with Crippen LogP contribution < -0.4 is 5.43 Å². The summed E-state index contributed by atoms with van der Waals surface area (Å²) in [6.45, 7) is 0.429. The smallest absolute Gasteiger partial charge is 0.373 e. The number of aromatic nitrogens is 1. The molecule has 7 heteroatoms. The normalized spacial score (nSPS) is 11.3. The number of hydrogen-bond acceptors (Lipinski definition) is 5. The van der Waals surface area contributed by atoms with E-state index < -0.39 is 5.97 Å². The van der Waals surface area contributed by atoms with Crippen LogP contribution in [0.5, 0.6) is 0 Å². The van der Waals surface area contributed by atoms with Crippen LogP contribution in [0.2, 0.25) is 0 Å². The molecule has 0 radical (unpaired) electrons. The van der Waals surface area contributed by atoms with Gasteiger partial charge in [-0.25, -0.2) is 10.2 Å². The van der Waals surface area contributed by atoms with Gasteiger partial charge in [0.15, 0.2) is 0 Å². The van der Waals surface area contributed by atoms with Gasteiger partial charge in [-0.05, 0) is 34.5 Å². The Morgan fingerprint density at radius 3 is 2.60 bits per heavy atom. The van der Waals surface area contributed by atoms with Gasteiger partial charge in [0.25, 0.3) is 0 Å². The van der Waals surface area contributed by atoms with E-state index >= 15 is 0 Å². The second kappa shape index (κ2) is 9.69. The van der Waals surface area contributed by atoms with E-state index in [1.54, 1.807) is 18.3 Å². The summed E-state index contributed by atoms with van der Waals surface area (Å²) < 4.78 is 12.3. The lowest BCUT2D eigenvalue weighted by atomic mass is 10.0. The lowest BCUT2D eigenvalue weighted by molar-refractivity contribution is -0.120. The van der Waals surface area contributed by atoms with E-state index in [1.807, 2.05) is 77.5 Å². The first kappa shape index (κ1) is 22.2. The van der Waals surface area contributed by atoms with Gasteiger partial charge in [0.2, 0.25) is 11.7 Å². The molecule has 5 rings (SSSR count). The predicted octanol–water partition coefficient (Wildman–Crippen LogP) is 4.92. The van der Waals surface area contributed by atoms with Gasteiger partial charge in [-0.3, -0.25) is 4.79 Å². The van der Waals surface area contributed by atoms with E-state index in [2.05, 4.69) is 10.5 Å². The van der Waals surface area contributed by atoms with Crippen molar-refractivity contribution in [3.63, 3.8) is 0 Å². The molecule has 0 saturated heterocycles. The fraction of sp³-hybridized carbons (Fsp3) is 0.107. The highest BCUT2D eigenvalue weighted by molar-refractivity contribution is 6.00. The summed E-state index contributed by atoms with van der Waals surface area (Å²) >= 11 is 0. The van der Waals surface area contributed by atoms with E-state index in [0.29, 0.717) is 12.3 Å². The minimum atomic E-state index is -0.513. The van der Waals surface area contributed by atoms with Crippen LogP contribution in [0.15, 0.2) is 94.6 Å². The molecule has 35 heavy (non-hydrogen) atoms. The molecule has 0 saturated carbocycles. The predicted molar refractivity (Wildman–Crippen MR) is 134 cm³/mol. The summed E-state index contributed by atoms with van der Waals surface area (Å²) in [4.78, 5) is 24.2. The molecule has 0 bridgehead atoms. The SMILES string of the molecule is COC(=O)c1ccc(Cn2cc(/C=N\NC(=O)Cc3cccc4ccccc34)c3ccccc32)o1. The number of rotatable bonds is 7. The number of benzene rings is 3.